The van der Waals surface area contributed by atoms with E-state index in [0.717, 1.165) is 0 Å². The number of fused-ring (bicyclic) bond motifs is 1. The van der Waals surface area contributed by atoms with Crippen LogP contribution in [-0.4, -0.2) is 52.3 Å². The van der Waals surface area contributed by atoms with Gasteiger partial charge in [0.15, 0.2) is 17.3 Å². The zero-order chi connectivity index (χ0) is 21.1. The van der Waals surface area contributed by atoms with Crippen LogP contribution >= 0.6 is 0 Å². The van der Waals surface area contributed by atoms with Crippen molar-refractivity contribution in [3.8, 4) is 11.5 Å². The average molecular weight is 398 g/mol. The van der Waals surface area contributed by atoms with Crippen LogP contribution in [0.4, 0.5) is 0 Å². The van der Waals surface area contributed by atoms with Crippen molar-refractivity contribution in [3.05, 3.63) is 51.8 Å². The Morgan fingerprint density at radius 3 is 2.41 bits per heavy atom. The Morgan fingerprint density at radius 1 is 1.14 bits per heavy atom. The number of nitrogens with zero attached hydrogens (tertiary/aromatic N) is 2. The molecule has 0 saturated carbocycles. The van der Waals surface area contributed by atoms with Crippen molar-refractivity contribution < 1.29 is 19.1 Å². The zero-order valence-electron chi connectivity index (χ0n) is 16.7. The predicted octanol–water partition coefficient (Wildman–Crippen LogP) is 2.13. The van der Waals surface area contributed by atoms with E-state index in [1.807, 2.05) is 6.92 Å². The summed E-state index contributed by atoms with van der Waals surface area (Å²) < 4.78 is 10.5. The number of methoxy groups -OCH3 is 2. The lowest BCUT2D eigenvalue weighted by molar-refractivity contribution is 0.0743. The summed E-state index contributed by atoms with van der Waals surface area (Å²) >= 11 is 0. The van der Waals surface area contributed by atoms with Crippen LogP contribution in [0, 0.1) is 0 Å². The highest BCUT2D eigenvalue weighted by atomic mass is 16.5. The van der Waals surface area contributed by atoms with Crippen LogP contribution < -0.4 is 15.0 Å². The highest BCUT2D eigenvalue weighted by Gasteiger charge is 2.19. The van der Waals surface area contributed by atoms with E-state index in [-0.39, 0.29) is 23.8 Å². The highest BCUT2D eigenvalue weighted by molar-refractivity contribution is 5.99. The molecule has 152 valence electrons. The molecule has 0 aliphatic heterocycles. The number of aromatic nitrogens is 3. The van der Waals surface area contributed by atoms with Gasteiger partial charge in [0.2, 0.25) is 0 Å². The van der Waals surface area contributed by atoms with Crippen LogP contribution in [0.15, 0.2) is 29.2 Å². The molecule has 0 unspecified atom stereocenters. The number of aromatic amines is 2. The lowest BCUT2D eigenvalue weighted by Gasteiger charge is -2.19. The van der Waals surface area contributed by atoms with Gasteiger partial charge >= 0.3 is 0 Å². The van der Waals surface area contributed by atoms with E-state index in [1.165, 1.54) is 38.3 Å². The first-order valence-corrected chi connectivity index (χ1v) is 9.01. The molecule has 3 rings (SSSR count). The molecule has 3 aromatic rings. The molecule has 29 heavy (non-hydrogen) atoms. The SMILES string of the molecule is CCN(Cc1nc2cc(OC)c(OC)cc2c(=O)[nH]1)C(=O)c1cc(C(C)=O)c[nH]1. The largest absolute Gasteiger partial charge is 0.493 e. The Bertz CT molecular complexity index is 1130. The number of carbonyl (C=O) groups is 2. The van der Waals surface area contributed by atoms with Gasteiger partial charge in [-0.1, -0.05) is 0 Å². The number of H-pyrrole nitrogens is 2. The van der Waals surface area contributed by atoms with E-state index < -0.39 is 0 Å². The summed E-state index contributed by atoms with van der Waals surface area (Å²) in [4.78, 5) is 48.3. The van der Waals surface area contributed by atoms with Crippen molar-refractivity contribution in [1.29, 1.82) is 0 Å². The number of ketones is 1. The molecule has 2 N–H and O–H groups in total. The summed E-state index contributed by atoms with van der Waals surface area (Å²) in [6.45, 7) is 3.74. The average Bonchev–Trinajstić information content (AvgIpc) is 3.21. The molecular weight excluding hydrogens is 376 g/mol. The molecule has 0 atom stereocenters. The zero-order valence-corrected chi connectivity index (χ0v) is 16.7. The number of Topliss-reactive ketones (excluding diaryl/α,β-unsaturated/α-hetero) is 1. The summed E-state index contributed by atoms with van der Waals surface area (Å²) in [7, 11) is 2.99. The monoisotopic (exact) mass is 398 g/mol. The predicted molar refractivity (Wildman–Crippen MR) is 107 cm³/mol. The van der Waals surface area contributed by atoms with Gasteiger partial charge in [0.1, 0.15) is 11.5 Å². The third kappa shape index (κ3) is 3.98. The first kappa shape index (κ1) is 20.1. The molecule has 9 nitrogen and oxygen atoms in total. The first-order valence-electron chi connectivity index (χ1n) is 9.01. The quantitative estimate of drug-likeness (QED) is 0.589. The van der Waals surface area contributed by atoms with Gasteiger partial charge in [0, 0.05) is 24.4 Å². The van der Waals surface area contributed by atoms with Crippen LogP contribution in [0.3, 0.4) is 0 Å². The van der Waals surface area contributed by atoms with E-state index in [4.69, 9.17) is 9.47 Å². The minimum absolute atomic E-state index is 0.100. The van der Waals surface area contributed by atoms with Gasteiger partial charge in [0.25, 0.3) is 11.5 Å². The first-order chi connectivity index (χ1) is 13.9. The van der Waals surface area contributed by atoms with Gasteiger partial charge < -0.3 is 24.3 Å². The van der Waals surface area contributed by atoms with Crippen molar-refractivity contribution in [3.63, 3.8) is 0 Å². The normalized spacial score (nSPS) is 10.8. The van der Waals surface area contributed by atoms with Crippen molar-refractivity contribution in [2.24, 2.45) is 0 Å². The summed E-state index contributed by atoms with van der Waals surface area (Å²) in [5.41, 5.74) is 0.825. The standard InChI is InChI=1S/C20H22N4O5/c1-5-24(20(27)15-6-12(9-21-15)11(2)25)10-18-22-14-8-17(29-4)16(28-3)7-13(14)19(26)23-18/h6-9,21H,5,10H2,1-4H3,(H,22,23,26). The third-order valence-electron chi connectivity index (χ3n) is 4.59. The number of rotatable bonds is 7. The molecule has 0 fully saturated rings. The van der Waals surface area contributed by atoms with Crippen LogP contribution in [0.5, 0.6) is 11.5 Å². The van der Waals surface area contributed by atoms with E-state index >= 15 is 0 Å². The van der Waals surface area contributed by atoms with E-state index in [9.17, 15) is 14.4 Å². The van der Waals surface area contributed by atoms with Crippen molar-refractivity contribution in [1.82, 2.24) is 19.9 Å². The Labute approximate surface area is 166 Å². The molecule has 1 amide bonds. The smallest absolute Gasteiger partial charge is 0.270 e. The number of hydrogen-bond acceptors (Lipinski definition) is 6. The molecule has 2 heterocycles. The Morgan fingerprint density at radius 2 is 1.83 bits per heavy atom. The van der Waals surface area contributed by atoms with Crippen molar-refractivity contribution in [2.75, 3.05) is 20.8 Å². The van der Waals surface area contributed by atoms with E-state index in [1.54, 1.807) is 12.1 Å². The van der Waals surface area contributed by atoms with E-state index in [2.05, 4.69) is 15.0 Å². The number of ether oxygens (including phenoxy) is 2. The van der Waals surface area contributed by atoms with Crippen molar-refractivity contribution in [2.45, 2.75) is 20.4 Å². The second kappa shape index (κ2) is 8.17. The van der Waals surface area contributed by atoms with Gasteiger partial charge in [-0.3, -0.25) is 14.4 Å². The Hall–Kier alpha value is -3.62. The van der Waals surface area contributed by atoms with Crippen LogP contribution in [0.2, 0.25) is 0 Å². The molecular formula is C20H22N4O5. The lowest BCUT2D eigenvalue weighted by atomic mass is 10.2. The molecule has 9 heteroatoms. The molecule has 0 aliphatic rings. The summed E-state index contributed by atoms with van der Waals surface area (Å²) in [6, 6.07) is 4.70. The van der Waals surface area contributed by atoms with Gasteiger partial charge in [-0.25, -0.2) is 4.98 Å². The molecule has 1 aromatic carbocycles. The maximum absolute atomic E-state index is 12.8. The molecule has 0 aliphatic carbocycles. The molecule has 2 aromatic heterocycles. The van der Waals surface area contributed by atoms with Crippen LogP contribution in [0.1, 0.15) is 40.5 Å². The number of hydrogen-bond donors (Lipinski definition) is 2. The Balaban J connectivity index is 1.93. The van der Waals surface area contributed by atoms with Crippen LogP contribution in [0.25, 0.3) is 10.9 Å². The molecule has 0 radical (unpaired) electrons. The fourth-order valence-electron chi connectivity index (χ4n) is 2.99. The van der Waals surface area contributed by atoms with Crippen LogP contribution in [-0.2, 0) is 6.54 Å². The highest BCUT2D eigenvalue weighted by Crippen LogP contribution is 2.30. The van der Waals surface area contributed by atoms with Gasteiger partial charge in [-0.15, -0.1) is 0 Å². The number of benzene rings is 1. The third-order valence-corrected chi connectivity index (χ3v) is 4.59. The minimum atomic E-state index is -0.340. The number of carbonyl (C=O) groups excluding carboxylic acids is 2. The maximum atomic E-state index is 12.8. The van der Waals surface area contributed by atoms with Gasteiger partial charge in [-0.2, -0.15) is 0 Å². The summed E-state index contributed by atoms with van der Waals surface area (Å²) in [5.74, 6) is 0.792. The topological polar surface area (TPSA) is 117 Å². The fraction of sp³-hybridized carbons (Fsp3) is 0.300. The van der Waals surface area contributed by atoms with E-state index in [0.29, 0.717) is 46.0 Å². The summed E-state index contributed by atoms with van der Waals surface area (Å²) in [5, 5.41) is 0.358. The second-order valence-corrected chi connectivity index (χ2v) is 6.41. The maximum Gasteiger partial charge on any atom is 0.270 e. The Kier molecular flexibility index (Phi) is 5.67. The summed E-state index contributed by atoms with van der Waals surface area (Å²) in [6.07, 6.45) is 1.50. The molecule has 0 bridgehead atoms. The molecule has 0 spiro atoms. The van der Waals surface area contributed by atoms with Gasteiger partial charge in [-0.05, 0) is 26.0 Å². The second-order valence-electron chi connectivity index (χ2n) is 6.41. The number of nitrogens with one attached hydrogen (secondary N) is 2. The van der Waals surface area contributed by atoms with Gasteiger partial charge in [0.05, 0.1) is 31.7 Å². The van der Waals surface area contributed by atoms with Crippen molar-refractivity contribution >= 4 is 22.6 Å². The molecule has 0 saturated heterocycles. The minimum Gasteiger partial charge on any atom is -0.493 e. The number of amides is 1. The fourth-order valence-corrected chi connectivity index (χ4v) is 2.99. The lowest BCUT2D eigenvalue weighted by Crippen LogP contribution is -2.32.